The van der Waals surface area contributed by atoms with Crippen LogP contribution in [0, 0.1) is 22.0 Å². The van der Waals surface area contributed by atoms with Gasteiger partial charge in [-0.1, -0.05) is 11.8 Å². The number of hydrogen-bond donors (Lipinski definition) is 0. The van der Waals surface area contributed by atoms with Gasteiger partial charge >= 0.3 is 5.97 Å². The van der Waals surface area contributed by atoms with Crippen molar-refractivity contribution >= 4 is 17.6 Å². The number of rotatable bonds is 5. The number of likely N-dealkylation sites (tertiary alicyclic amines) is 1. The lowest BCUT2D eigenvalue weighted by Gasteiger charge is -2.13. The predicted molar refractivity (Wildman–Crippen MR) is 89.8 cm³/mol. The molecular formula is C17H19N3O5. The molecule has 0 unspecified atom stereocenters. The maximum atomic E-state index is 12.2. The maximum absolute atomic E-state index is 12.2. The van der Waals surface area contributed by atoms with Crippen LogP contribution in [0.1, 0.15) is 16.8 Å². The highest BCUT2D eigenvalue weighted by molar-refractivity contribution is 5.93. The van der Waals surface area contributed by atoms with Gasteiger partial charge in [0.25, 0.3) is 11.6 Å². The smallest absolute Gasteiger partial charge is 0.338 e. The Kier molecular flexibility index (Phi) is 6.08. The molecule has 132 valence electrons. The van der Waals surface area contributed by atoms with Crippen molar-refractivity contribution in [2.24, 2.45) is 0 Å². The van der Waals surface area contributed by atoms with E-state index in [2.05, 4.69) is 11.8 Å². The highest BCUT2D eigenvalue weighted by Gasteiger charge is 2.34. The zero-order valence-corrected chi connectivity index (χ0v) is 14.1. The minimum atomic E-state index is -0.835. The normalized spacial score (nSPS) is 16.5. The fourth-order valence-electron chi connectivity index (χ4n) is 2.26. The Hall–Kier alpha value is -2.92. The van der Waals surface area contributed by atoms with E-state index in [-0.39, 0.29) is 17.2 Å². The first kappa shape index (κ1) is 18.4. The van der Waals surface area contributed by atoms with Gasteiger partial charge in [-0.3, -0.25) is 19.8 Å². The number of nitro benzene ring substituents is 1. The molecule has 1 fully saturated rings. The SMILES string of the molecule is CN(C)CC#CCN1CC[C@H](OC(=O)c2ccc([N+](=O)[O-])cc2)C1=O. The number of benzene rings is 1. The number of ether oxygens (including phenoxy) is 1. The molecule has 1 amide bonds. The third-order valence-electron chi connectivity index (χ3n) is 3.60. The second-order valence-corrected chi connectivity index (χ2v) is 5.84. The largest absolute Gasteiger partial charge is 0.449 e. The van der Waals surface area contributed by atoms with Crippen LogP contribution in [0.15, 0.2) is 24.3 Å². The molecule has 0 bridgehead atoms. The number of hydrogen-bond acceptors (Lipinski definition) is 6. The number of carbonyl (C=O) groups excluding carboxylic acids is 2. The summed E-state index contributed by atoms with van der Waals surface area (Å²) in [5.41, 5.74) is 0.0543. The Bertz CT molecular complexity index is 718. The third kappa shape index (κ3) is 5.02. The number of carbonyl (C=O) groups is 2. The highest BCUT2D eigenvalue weighted by atomic mass is 16.6. The Morgan fingerprint density at radius 1 is 1.36 bits per heavy atom. The van der Waals surface area contributed by atoms with Crippen molar-refractivity contribution in [3.63, 3.8) is 0 Å². The van der Waals surface area contributed by atoms with E-state index in [1.807, 2.05) is 19.0 Å². The second kappa shape index (κ2) is 8.26. The van der Waals surface area contributed by atoms with Crippen LogP contribution in [0.25, 0.3) is 0 Å². The first-order valence-corrected chi connectivity index (χ1v) is 7.73. The topological polar surface area (TPSA) is 93.0 Å². The summed E-state index contributed by atoms with van der Waals surface area (Å²) in [4.78, 5) is 37.8. The summed E-state index contributed by atoms with van der Waals surface area (Å²) in [6, 6.07) is 5.06. The average Bonchev–Trinajstić information content (AvgIpc) is 2.92. The fourth-order valence-corrected chi connectivity index (χ4v) is 2.26. The first-order valence-electron chi connectivity index (χ1n) is 7.73. The predicted octanol–water partition coefficient (Wildman–Crippen LogP) is 0.917. The standard InChI is InChI=1S/C17H19N3O5/c1-18(2)10-3-4-11-19-12-9-15(16(19)21)25-17(22)13-5-7-14(8-6-13)20(23)24/h5-8,15H,9-12H2,1-2H3/t15-/m0/s1. The summed E-state index contributed by atoms with van der Waals surface area (Å²) in [5, 5.41) is 10.6. The second-order valence-electron chi connectivity index (χ2n) is 5.84. The molecule has 0 aliphatic carbocycles. The van der Waals surface area contributed by atoms with Crippen LogP contribution in [0.2, 0.25) is 0 Å². The molecule has 0 N–H and O–H groups in total. The Labute approximate surface area is 145 Å². The van der Waals surface area contributed by atoms with Crippen LogP contribution in [-0.4, -0.2) is 66.4 Å². The van der Waals surface area contributed by atoms with E-state index in [0.717, 1.165) is 0 Å². The number of amides is 1. The molecule has 8 nitrogen and oxygen atoms in total. The molecule has 1 aliphatic heterocycles. The highest BCUT2D eigenvalue weighted by Crippen LogP contribution is 2.18. The Balaban J connectivity index is 1.90. The van der Waals surface area contributed by atoms with E-state index in [9.17, 15) is 19.7 Å². The van der Waals surface area contributed by atoms with E-state index in [4.69, 9.17) is 4.74 Å². The van der Waals surface area contributed by atoms with Gasteiger partial charge in [0.2, 0.25) is 0 Å². The monoisotopic (exact) mass is 345 g/mol. The van der Waals surface area contributed by atoms with Crippen LogP contribution >= 0.6 is 0 Å². The van der Waals surface area contributed by atoms with Gasteiger partial charge in [0.1, 0.15) is 0 Å². The lowest BCUT2D eigenvalue weighted by molar-refractivity contribution is -0.384. The van der Waals surface area contributed by atoms with E-state index in [0.29, 0.717) is 26.1 Å². The zero-order chi connectivity index (χ0) is 18.4. The van der Waals surface area contributed by atoms with Gasteiger partial charge in [-0.2, -0.15) is 0 Å². The Morgan fingerprint density at radius 2 is 2.04 bits per heavy atom. The number of esters is 1. The number of nitrogens with zero attached hydrogens (tertiary/aromatic N) is 3. The summed E-state index contributed by atoms with van der Waals surface area (Å²) in [6.45, 7) is 1.40. The van der Waals surface area contributed by atoms with Crippen LogP contribution in [-0.2, 0) is 9.53 Å². The van der Waals surface area contributed by atoms with Crippen molar-refractivity contribution in [3.05, 3.63) is 39.9 Å². The summed E-state index contributed by atoms with van der Waals surface area (Å²) < 4.78 is 5.23. The van der Waals surface area contributed by atoms with Crippen LogP contribution in [0.4, 0.5) is 5.69 Å². The van der Waals surface area contributed by atoms with Gasteiger partial charge in [-0.15, -0.1) is 0 Å². The van der Waals surface area contributed by atoms with Gasteiger partial charge in [-0.05, 0) is 26.2 Å². The molecule has 1 aromatic rings. The molecule has 1 aromatic carbocycles. The molecule has 1 atom stereocenters. The van der Waals surface area contributed by atoms with Crippen molar-refractivity contribution in [2.45, 2.75) is 12.5 Å². The lowest BCUT2D eigenvalue weighted by atomic mass is 10.2. The average molecular weight is 345 g/mol. The first-order chi connectivity index (χ1) is 11.9. The van der Waals surface area contributed by atoms with Gasteiger partial charge in [0, 0.05) is 25.1 Å². The van der Waals surface area contributed by atoms with Crippen molar-refractivity contribution in [2.75, 3.05) is 33.7 Å². The van der Waals surface area contributed by atoms with Crippen molar-refractivity contribution in [1.82, 2.24) is 9.80 Å². The minimum absolute atomic E-state index is 0.115. The van der Waals surface area contributed by atoms with Gasteiger partial charge in [0.15, 0.2) is 6.10 Å². The molecule has 2 rings (SSSR count). The molecule has 0 aromatic heterocycles. The summed E-state index contributed by atoms with van der Waals surface area (Å²) in [6.07, 6.45) is -0.425. The molecule has 1 saturated heterocycles. The number of non-ortho nitro benzene ring substituents is 1. The fraction of sp³-hybridized carbons (Fsp3) is 0.412. The lowest BCUT2D eigenvalue weighted by Crippen LogP contribution is -2.32. The van der Waals surface area contributed by atoms with Gasteiger partial charge in [0.05, 0.1) is 23.6 Å². The molecule has 0 spiro atoms. The zero-order valence-electron chi connectivity index (χ0n) is 14.1. The van der Waals surface area contributed by atoms with Crippen molar-refractivity contribution in [3.8, 4) is 11.8 Å². The van der Waals surface area contributed by atoms with Crippen LogP contribution in [0.3, 0.4) is 0 Å². The number of nitro groups is 1. The van der Waals surface area contributed by atoms with E-state index >= 15 is 0 Å². The Morgan fingerprint density at radius 3 is 2.64 bits per heavy atom. The molecule has 0 saturated carbocycles. The third-order valence-corrected chi connectivity index (χ3v) is 3.60. The molecule has 8 heteroatoms. The van der Waals surface area contributed by atoms with E-state index in [1.165, 1.54) is 24.3 Å². The quantitative estimate of drug-likeness (QED) is 0.341. The molecule has 1 aliphatic rings. The van der Waals surface area contributed by atoms with E-state index in [1.54, 1.807) is 4.90 Å². The van der Waals surface area contributed by atoms with Gasteiger partial charge < -0.3 is 9.64 Å². The molecular weight excluding hydrogens is 326 g/mol. The molecule has 0 radical (unpaired) electrons. The van der Waals surface area contributed by atoms with Crippen molar-refractivity contribution in [1.29, 1.82) is 0 Å². The summed E-state index contributed by atoms with van der Waals surface area (Å²) in [7, 11) is 3.81. The molecule has 1 heterocycles. The van der Waals surface area contributed by atoms with Crippen LogP contribution < -0.4 is 0 Å². The summed E-state index contributed by atoms with van der Waals surface area (Å²) >= 11 is 0. The summed E-state index contributed by atoms with van der Waals surface area (Å²) in [5.74, 6) is 4.93. The van der Waals surface area contributed by atoms with Gasteiger partial charge in [-0.25, -0.2) is 4.79 Å². The maximum Gasteiger partial charge on any atom is 0.338 e. The minimum Gasteiger partial charge on any atom is -0.449 e. The van der Waals surface area contributed by atoms with Crippen molar-refractivity contribution < 1.29 is 19.2 Å². The molecule has 25 heavy (non-hydrogen) atoms. The van der Waals surface area contributed by atoms with E-state index < -0.39 is 17.0 Å². The van der Waals surface area contributed by atoms with Crippen LogP contribution in [0.5, 0.6) is 0 Å².